The third-order valence-electron chi connectivity index (χ3n) is 12.9. The van der Waals surface area contributed by atoms with Gasteiger partial charge in [0.2, 0.25) is 0 Å². The van der Waals surface area contributed by atoms with Crippen molar-refractivity contribution in [2.75, 3.05) is 13.2 Å². The molecule has 5 nitrogen and oxygen atoms in total. The number of ether oxygens (including phenoxy) is 1. The van der Waals surface area contributed by atoms with Crippen molar-refractivity contribution in [3.63, 3.8) is 0 Å². The first-order valence-corrected chi connectivity index (χ1v) is 14.6. The number of Topliss-reactive ketones (excluding diaryl/α,β-unsaturated/α-hetero) is 1. The van der Waals surface area contributed by atoms with Gasteiger partial charge in [-0.15, -0.1) is 0 Å². The summed E-state index contributed by atoms with van der Waals surface area (Å²) in [6, 6.07) is 0. The van der Waals surface area contributed by atoms with Crippen molar-refractivity contribution in [3.05, 3.63) is 23.3 Å². The van der Waals surface area contributed by atoms with Crippen LogP contribution in [0.3, 0.4) is 0 Å². The summed E-state index contributed by atoms with van der Waals surface area (Å²) in [6.45, 7) is 16.5. The predicted octanol–water partition coefficient (Wildman–Crippen LogP) is 5.75. The number of hydrogen-bond donors (Lipinski definition) is 2. The lowest BCUT2D eigenvalue weighted by molar-refractivity contribution is -0.182. The van der Waals surface area contributed by atoms with Gasteiger partial charge in [-0.3, -0.25) is 9.59 Å². The summed E-state index contributed by atoms with van der Waals surface area (Å²) < 4.78 is 5.48. The number of hydrogen-bond acceptors (Lipinski definition) is 5. The molecule has 3 N–H and O–H groups in total. The van der Waals surface area contributed by atoms with Crippen molar-refractivity contribution < 1.29 is 19.4 Å². The molecule has 0 bridgehead atoms. The molecule has 0 aromatic rings. The quantitative estimate of drug-likeness (QED) is 0.471. The predicted molar refractivity (Wildman–Crippen MR) is 145 cm³/mol. The summed E-state index contributed by atoms with van der Waals surface area (Å²) in [7, 11) is 0. The number of rotatable bonds is 3. The van der Waals surface area contributed by atoms with E-state index in [0.29, 0.717) is 18.3 Å². The Morgan fingerprint density at radius 2 is 1.73 bits per heavy atom. The number of carbonyl (C=O) groups excluding carboxylic acids is 2. The highest BCUT2D eigenvalue weighted by Crippen LogP contribution is 2.73. The van der Waals surface area contributed by atoms with Crippen LogP contribution in [0.4, 0.5) is 0 Å². The fraction of sp³-hybridized carbons (Fsp3) is 0.812. The van der Waals surface area contributed by atoms with Gasteiger partial charge in [-0.1, -0.05) is 52.3 Å². The van der Waals surface area contributed by atoms with Crippen molar-refractivity contribution in [2.45, 2.75) is 106 Å². The van der Waals surface area contributed by atoms with Gasteiger partial charge in [0.05, 0.1) is 11.5 Å². The molecule has 5 heteroatoms. The Labute approximate surface area is 223 Å². The van der Waals surface area contributed by atoms with Gasteiger partial charge < -0.3 is 15.6 Å². The number of fused-ring (bicyclic) bond motifs is 6. The van der Waals surface area contributed by atoms with E-state index in [1.54, 1.807) is 0 Å². The van der Waals surface area contributed by atoms with E-state index in [-0.39, 0.29) is 59.1 Å². The normalized spacial score (nSPS) is 48.5. The van der Waals surface area contributed by atoms with Crippen LogP contribution in [0.2, 0.25) is 0 Å². The molecule has 0 aliphatic heterocycles. The van der Waals surface area contributed by atoms with Crippen molar-refractivity contribution in [3.8, 4) is 0 Å². The maximum Gasteiger partial charge on any atom is 0.312 e. The van der Waals surface area contributed by atoms with Crippen LogP contribution >= 0.6 is 0 Å². The van der Waals surface area contributed by atoms with E-state index < -0.39 is 10.8 Å². The first kappa shape index (κ1) is 27.1. The highest BCUT2D eigenvalue weighted by Gasteiger charge is 2.67. The number of aliphatic hydroxyl groups is 1. The second-order valence-corrected chi connectivity index (χ2v) is 15.0. The molecule has 206 valence electrons. The van der Waals surface area contributed by atoms with Gasteiger partial charge in [-0.25, -0.2) is 0 Å². The van der Waals surface area contributed by atoms with Gasteiger partial charge in [-0.2, -0.15) is 0 Å². The second kappa shape index (κ2) is 8.27. The lowest BCUT2D eigenvalue weighted by Crippen LogP contribution is -2.63. The standard InChI is InChI=1S/C32H49NO4/c1-27(2)22-10-13-32(7)23(30(22,5)12-11-24(27)34)9-8-20-21-18-28(3,26(36)37-17-16-33)19-25(35)29(21,4)14-15-31(20,32)6/h8-9,22-24,34H,10-19,33H2,1-7H3/t22-,23-,24-,28-,29+,30-,31+,32+/m0/s1. The number of ketones is 1. The minimum Gasteiger partial charge on any atom is -0.464 e. The molecule has 0 unspecified atom stereocenters. The van der Waals surface area contributed by atoms with Crippen LogP contribution in [-0.2, 0) is 14.3 Å². The Kier molecular flexibility index (Phi) is 6.06. The molecule has 5 rings (SSSR count). The fourth-order valence-electron chi connectivity index (χ4n) is 10.1. The van der Waals surface area contributed by atoms with E-state index in [0.717, 1.165) is 38.5 Å². The third kappa shape index (κ3) is 3.41. The van der Waals surface area contributed by atoms with Crippen LogP contribution in [0.15, 0.2) is 23.3 Å². The van der Waals surface area contributed by atoms with E-state index in [1.165, 1.54) is 11.1 Å². The molecule has 5 aliphatic carbocycles. The Bertz CT molecular complexity index is 1070. The third-order valence-corrected chi connectivity index (χ3v) is 12.9. The SMILES string of the molecule is CC1(C)[C@@H](O)CC[C@@]2(C)[C@H]1CC[C@]1(C)[C@H]2C=CC2=C3C[C@](C)(C(=O)OCCN)CC(=O)[C@]3(C)CC[C@]21C. The monoisotopic (exact) mass is 511 g/mol. The lowest BCUT2D eigenvalue weighted by Gasteiger charge is -2.69. The van der Waals surface area contributed by atoms with Crippen LogP contribution in [0.1, 0.15) is 99.8 Å². The Balaban J connectivity index is 1.62. The summed E-state index contributed by atoms with van der Waals surface area (Å²) in [6.07, 6.45) is 11.4. The summed E-state index contributed by atoms with van der Waals surface area (Å²) in [5.41, 5.74) is 6.77. The molecule has 0 radical (unpaired) electrons. The second-order valence-electron chi connectivity index (χ2n) is 15.0. The number of aliphatic hydroxyl groups excluding tert-OH is 1. The average molecular weight is 512 g/mol. The van der Waals surface area contributed by atoms with Gasteiger partial charge in [0.1, 0.15) is 12.4 Å². The van der Waals surface area contributed by atoms with Gasteiger partial charge in [0, 0.05) is 18.4 Å². The van der Waals surface area contributed by atoms with Crippen molar-refractivity contribution in [1.82, 2.24) is 0 Å². The molecule has 37 heavy (non-hydrogen) atoms. The fourth-order valence-corrected chi connectivity index (χ4v) is 10.1. The minimum atomic E-state index is -0.842. The Morgan fingerprint density at radius 3 is 2.41 bits per heavy atom. The van der Waals surface area contributed by atoms with Crippen LogP contribution in [-0.4, -0.2) is 36.1 Å². The van der Waals surface area contributed by atoms with Gasteiger partial charge in [0.15, 0.2) is 0 Å². The molecule has 5 aliphatic rings. The zero-order chi connectivity index (χ0) is 27.2. The first-order chi connectivity index (χ1) is 17.1. The maximum atomic E-state index is 13.7. The Hall–Kier alpha value is -1.46. The largest absolute Gasteiger partial charge is 0.464 e. The molecule has 0 amide bonds. The van der Waals surface area contributed by atoms with Crippen LogP contribution in [0, 0.1) is 44.3 Å². The molecule has 0 aromatic carbocycles. The van der Waals surface area contributed by atoms with Crippen LogP contribution < -0.4 is 5.73 Å². The van der Waals surface area contributed by atoms with Gasteiger partial charge in [-0.05, 0) is 97.9 Å². The maximum absolute atomic E-state index is 13.7. The molecular formula is C32H49NO4. The Morgan fingerprint density at radius 1 is 1.03 bits per heavy atom. The zero-order valence-corrected chi connectivity index (χ0v) is 24.2. The highest BCUT2D eigenvalue weighted by atomic mass is 16.5. The van der Waals surface area contributed by atoms with Crippen LogP contribution in [0.5, 0.6) is 0 Å². The van der Waals surface area contributed by atoms with Crippen molar-refractivity contribution in [2.24, 2.45) is 50.1 Å². The summed E-state index contributed by atoms with van der Waals surface area (Å²) in [5, 5.41) is 10.9. The molecule has 0 saturated heterocycles. The molecule has 3 saturated carbocycles. The van der Waals surface area contributed by atoms with E-state index in [9.17, 15) is 14.7 Å². The van der Waals surface area contributed by atoms with Crippen LogP contribution in [0.25, 0.3) is 0 Å². The molecule has 0 heterocycles. The van der Waals surface area contributed by atoms with Gasteiger partial charge >= 0.3 is 5.97 Å². The molecular weight excluding hydrogens is 462 g/mol. The van der Waals surface area contributed by atoms with E-state index >= 15 is 0 Å². The van der Waals surface area contributed by atoms with E-state index in [4.69, 9.17) is 10.5 Å². The highest BCUT2D eigenvalue weighted by molar-refractivity contribution is 5.95. The molecule has 0 spiro atoms. The van der Waals surface area contributed by atoms with Crippen molar-refractivity contribution >= 4 is 11.8 Å². The number of nitrogens with two attached hydrogens (primary N) is 1. The number of esters is 1. The summed E-state index contributed by atoms with van der Waals surface area (Å²) in [5.74, 6) is 0.780. The average Bonchev–Trinajstić information content (AvgIpc) is 2.82. The topological polar surface area (TPSA) is 89.6 Å². The number of carbonyl (C=O) groups is 2. The van der Waals surface area contributed by atoms with Gasteiger partial charge in [0.25, 0.3) is 0 Å². The van der Waals surface area contributed by atoms with E-state index in [1.807, 2.05) is 6.92 Å². The minimum absolute atomic E-state index is 0.0604. The first-order valence-electron chi connectivity index (χ1n) is 14.6. The summed E-state index contributed by atoms with van der Waals surface area (Å²) in [4.78, 5) is 26.8. The van der Waals surface area contributed by atoms with E-state index in [2.05, 4.69) is 53.7 Å². The zero-order valence-electron chi connectivity index (χ0n) is 24.2. The molecule has 0 aromatic heterocycles. The molecule has 3 fully saturated rings. The number of allylic oxidation sites excluding steroid dienone is 4. The lowest BCUT2D eigenvalue weighted by atomic mass is 9.35. The summed E-state index contributed by atoms with van der Waals surface area (Å²) >= 11 is 0. The molecule has 8 atom stereocenters. The smallest absolute Gasteiger partial charge is 0.312 e. The van der Waals surface area contributed by atoms with Crippen molar-refractivity contribution in [1.29, 1.82) is 0 Å².